The fourth-order valence-corrected chi connectivity index (χ4v) is 3.37. The predicted octanol–water partition coefficient (Wildman–Crippen LogP) is 0.333. The van der Waals surface area contributed by atoms with Gasteiger partial charge in [-0.1, -0.05) is 0 Å². The molecule has 144 valence electrons. The molecule has 0 amide bonds. The van der Waals surface area contributed by atoms with E-state index in [1.807, 2.05) is 13.1 Å². The lowest BCUT2D eigenvalue weighted by Gasteiger charge is -2.34. The first kappa shape index (κ1) is 18.8. The zero-order chi connectivity index (χ0) is 18.0. The summed E-state index contributed by atoms with van der Waals surface area (Å²) in [6.45, 7) is 7.84. The van der Waals surface area contributed by atoms with Gasteiger partial charge in [0.2, 0.25) is 5.95 Å². The van der Waals surface area contributed by atoms with Crippen LogP contribution in [0.3, 0.4) is 0 Å². The zero-order valence-corrected chi connectivity index (χ0v) is 15.7. The summed E-state index contributed by atoms with van der Waals surface area (Å²) in [4.78, 5) is 17.7. The van der Waals surface area contributed by atoms with Crippen molar-refractivity contribution >= 4 is 11.9 Å². The number of hydrogen-bond donors (Lipinski definition) is 2. The molecule has 0 bridgehead atoms. The normalized spacial score (nSPS) is 21.8. The molecule has 0 aromatic carbocycles. The van der Waals surface area contributed by atoms with E-state index in [1.54, 1.807) is 12.4 Å². The van der Waals surface area contributed by atoms with Crippen molar-refractivity contribution in [3.05, 3.63) is 18.5 Å². The molecular formula is C18H31N7O. The number of ether oxygens (including phenoxy) is 1. The lowest BCUT2D eigenvalue weighted by atomic mass is 10.2. The van der Waals surface area contributed by atoms with Crippen LogP contribution in [0.5, 0.6) is 0 Å². The summed E-state index contributed by atoms with van der Waals surface area (Å²) in [5, 5.41) is 6.75. The average molecular weight is 361 g/mol. The van der Waals surface area contributed by atoms with Gasteiger partial charge in [-0.3, -0.25) is 9.89 Å². The van der Waals surface area contributed by atoms with Gasteiger partial charge in [-0.15, -0.1) is 0 Å². The topological polar surface area (TPSA) is 77.9 Å². The number of piperazine rings is 1. The lowest BCUT2D eigenvalue weighted by molar-refractivity contribution is 0.114. The first-order valence-corrected chi connectivity index (χ1v) is 9.65. The Hall–Kier alpha value is -1.93. The second-order valence-electron chi connectivity index (χ2n) is 6.75. The minimum atomic E-state index is 0.332. The number of anilines is 1. The molecule has 0 saturated carbocycles. The molecule has 8 nitrogen and oxygen atoms in total. The maximum absolute atomic E-state index is 5.63. The fourth-order valence-electron chi connectivity index (χ4n) is 3.37. The summed E-state index contributed by atoms with van der Waals surface area (Å²) >= 11 is 0. The molecule has 8 heteroatoms. The molecule has 0 spiro atoms. The van der Waals surface area contributed by atoms with Crippen molar-refractivity contribution in [1.82, 2.24) is 25.5 Å². The third-order valence-electron chi connectivity index (χ3n) is 4.90. The highest BCUT2D eigenvalue weighted by Gasteiger charge is 2.18. The summed E-state index contributed by atoms with van der Waals surface area (Å²) in [7, 11) is 1.82. The number of guanidine groups is 1. The van der Waals surface area contributed by atoms with Gasteiger partial charge in [0.15, 0.2) is 5.96 Å². The Kier molecular flexibility index (Phi) is 7.45. The SMILES string of the molecule is CN=C(NCCCN1CCN(c2ncccn2)CC1)NCC1CCCO1. The molecule has 2 aliphatic rings. The fraction of sp³-hybridized carbons (Fsp3) is 0.722. The Morgan fingerprint density at radius 1 is 1.23 bits per heavy atom. The standard InChI is InChI=1S/C18H31N7O/c1-19-17(23-15-16-5-2-14-26-16)20-8-4-9-24-10-12-25(13-11-24)18-21-6-3-7-22-18/h3,6-7,16H,2,4-5,8-15H2,1H3,(H2,19,20,23). The van der Waals surface area contributed by atoms with E-state index in [2.05, 4.69) is 35.4 Å². The van der Waals surface area contributed by atoms with E-state index >= 15 is 0 Å². The molecule has 0 radical (unpaired) electrons. The third kappa shape index (κ3) is 5.81. The van der Waals surface area contributed by atoms with Gasteiger partial charge in [-0.25, -0.2) is 9.97 Å². The van der Waals surface area contributed by atoms with Gasteiger partial charge in [0.05, 0.1) is 6.10 Å². The Morgan fingerprint density at radius 2 is 2.04 bits per heavy atom. The molecule has 1 aromatic heterocycles. The highest BCUT2D eigenvalue weighted by atomic mass is 16.5. The number of rotatable bonds is 7. The molecule has 2 N–H and O–H groups in total. The van der Waals surface area contributed by atoms with E-state index in [0.29, 0.717) is 6.10 Å². The second-order valence-corrected chi connectivity index (χ2v) is 6.75. The van der Waals surface area contributed by atoms with Crippen molar-refractivity contribution in [2.24, 2.45) is 4.99 Å². The van der Waals surface area contributed by atoms with Gasteiger partial charge < -0.3 is 20.3 Å². The highest BCUT2D eigenvalue weighted by molar-refractivity contribution is 5.79. The Labute approximate surface area is 156 Å². The quantitative estimate of drug-likeness (QED) is 0.412. The Morgan fingerprint density at radius 3 is 2.73 bits per heavy atom. The van der Waals surface area contributed by atoms with E-state index < -0.39 is 0 Å². The minimum absolute atomic E-state index is 0.332. The largest absolute Gasteiger partial charge is 0.376 e. The Balaban J connectivity index is 1.27. The average Bonchev–Trinajstić information content (AvgIpc) is 3.22. The van der Waals surface area contributed by atoms with Crippen molar-refractivity contribution < 1.29 is 4.74 Å². The smallest absolute Gasteiger partial charge is 0.225 e. The first-order chi connectivity index (χ1) is 12.8. The summed E-state index contributed by atoms with van der Waals surface area (Å²) in [6, 6.07) is 1.86. The van der Waals surface area contributed by atoms with Crippen LogP contribution >= 0.6 is 0 Å². The minimum Gasteiger partial charge on any atom is -0.376 e. The highest BCUT2D eigenvalue weighted by Crippen LogP contribution is 2.11. The molecule has 2 fully saturated rings. The van der Waals surface area contributed by atoms with Crippen LogP contribution in [0, 0.1) is 0 Å². The molecule has 3 heterocycles. The van der Waals surface area contributed by atoms with Crippen molar-refractivity contribution in [3.8, 4) is 0 Å². The van der Waals surface area contributed by atoms with Crippen LogP contribution < -0.4 is 15.5 Å². The number of aliphatic imine (C=N–C) groups is 1. The van der Waals surface area contributed by atoms with Crippen LogP contribution in [0.15, 0.2) is 23.5 Å². The van der Waals surface area contributed by atoms with E-state index in [-0.39, 0.29) is 0 Å². The van der Waals surface area contributed by atoms with Crippen molar-refractivity contribution in [1.29, 1.82) is 0 Å². The van der Waals surface area contributed by atoms with Crippen LogP contribution in [0.25, 0.3) is 0 Å². The zero-order valence-electron chi connectivity index (χ0n) is 15.7. The summed E-state index contributed by atoms with van der Waals surface area (Å²) in [6.07, 6.45) is 7.35. The van der Waals surface area contributed by atoms with Crippen LogP contribution in [-0.4, -0.2) is 86.4 Å². The summed E-state index contributed by atoms with van der Waals surface area (Å²) < 4.78 is 5.63. The maximum atomic E-state index is 5.63. The van der Waals surface area contributed by atoms with Gasteiger partial charge in [-0.2, -0.15) is 0 Å². The molecule has 1 aromatic rings. The summed E-state index contributed by atoms with van der Waals surface area (Å²) in [5.74, 6) is 1.71. The predicted molar refractivity (Wildman–Crippen MR) is 104 cm³/mol. The number of nitrogens with one attached hydrogen (secondary N) is 2. The lowest BCUT2D eigenvalue weighted by Crippen LogP contribution is -2.48. The van der Waals surface area contributed by atoms with Crippen LogP contribution in [0.4, 0.5) is 5.95 Å². The van der Waals surface area contributed by atoms with Crippen LogP contribution in [-0.2, 0) is 4.74 Å². The van der Waals surface area contributed by atoms with E-state index in [4.69, 9.17) is 4.74 Å². The van der Waals surface area contributed by atoms with Gasteiger partial charge in [0, 0.05) is 65.3 Å². The second kappa shape index (κ2) is 10.3. The molecule has 26 heavy (non-hydrogen) atoms. The van der Waals surface area contributed by atoms with Crippen molar-refractivity contribution in [2.75, 3.05) is 64.4 Å². The van der Waals surface area contributed by atoms with Crippen LogP contribution in [0.2, 0.25) is 0 Å². The monoisotopic (exact) mass is 361 g/mol. The van der Waals surface area contributed by atoms with E-state index in [0.717, 1.165) is 77.2 Å². The van der Waals surface area contributed by atoms with Gasteiger partial charge in [0.1, 0.15) is 0 Å². The van der Waals surface area contributed by atoms with Crippen molar-refractivity contribution in [2.45, 2.75) is 25.4 Å². The molecule has 2 saturated heterocycles. The first-order valence-electron chi connectivity index (χ1n) is 9.65. The van der Waals surface area contributed by atoms with Gasteiger partial charge >= 0.3 is 0 Å². The number of hydrogen-bond acceptors (Lipinski definition) is 6. The molecule has 0 aliphatic carbocycles. The maximum Gasteiger partial charge on any atom is 0.225 e. The van der Waals surface area contributed by atoms with E-state index in [9.17, 15) is 0 Å². The third-order valence-corrected chi connectivity index (χ3v) is 4.90. The number of aromatic nitrogens is 2. The van der Waals surface area contributed by atoms with Gasteiger partial charge in [0.25, 0.3) is 0 Å². The molecule has 3 rings (SSSR count). The van der Waals surface area contributed by atoms with Crippen molar-refractivity contribution in [3.63, 3.8) is 0 Å². The van der Waals surface area contributed by atoms with Crippen LogP contribution in [0.1, 0.15) is 19.3 Å². The summed E-state index contributed by atoms with van der Waals surface area (Å²) in [5.41, 5.74) is 0. The van der Waals surface area contributed by atoms with Gasteiger partial charge in [-0.05, 0) is 31.9 Å². The van der Waals surface area contributed by atoms with E-state index in [1.165, 1.54) is 6.42 Å². The molecule has 1 unspecified atom stereocenters. The molecule has 2 aliphatic heterocycles. The molecule has 1 atom stereocenters. The number of nitrogens with zero attached hydrogens (tertiary/aromatic N) is 5. The Bertz CT molecular complexity index is 540. The molecular weight excluding hydrogens is 330 g/mol.